The first-order valence-electron chi connectivity index (χ1n) is 7.04. The molecule has 6 heteroatoms. The zero-order valence-electron chi connectivity index (χ0n) is 12.4. The fourth-order valence-corrected chi connectivity index (χ4v) is 2.76. The fourth-order valence-electron chi connectivity index (χ4n) is 1.94. The number of furan rings is 1. The second kappa shape index (κ2) is 7.47. The van der Waals surface area contributed by atoms with Gasteiger partial charge < -0.3 is 9.15 Å². The Kier molecular flexibility index (Phi) is 5.13. The lowest BCUT2D eigenvalue weighted by atomic mass is 10.3. The van der Waals surface area contributed by atoms with Crippen LogP contribution < -0.4 is 4.74 Å². The Hall–Kier alpha value is -2.37. The van der Waals surface area contributed by atoms with Crippen molar-refractivity contribution in [1.82, 2.24) is 0 Å². The van der Waals surface area contributed by atoms with E-state index in [9.17, 15) is 9.18 Å². The molecule has 24 heavy (non-hydrogen) atoms. The van der Waals surface area contributed by atoms with Crippen molar-refractivity contribution in [2.24, 2.45) is 0 Å². The minimum Gasteiger partial charge on any atom is -0.486 e. The van der Waals surface area contributed by atoms with Gasteiger partial charge in [-0.15, -0.1) is 11.3 Å². The van der Waals surface area contributed by atoms with Gasteiger partial charge in [0.25, 0.3) is 0 Å². The Morgan fingerprint density at radius 1 is 1.29 bits per heavy atom. The van der Waals surface area contributed by atoms with Gasteiger partial charge in [-0.1, -0.05) is 17.7 Å². The molecule has 2 heterocycles. The second-order valence-corrected chi connectivity index (χ2v) is 6.20. The van der Waals surface area contributed by atoms with Crippen molar-refractivity contribution in [3.05, 3.63) is 81.2 Å². The number of allylic oxidation sites excluding steroid dienone is 1. The van der Waals surface area contributed by atoms with Gasteiger partial charge in [0, 0.05) is 6.07 Å². The molecule has 1 aromatic carbocycles. The Balaban J connectivity index is 1.59. The van der Waals surface area contributed by atoms with E-state index in [0.717, 1.165) is 0 Å². The number of halogens is 2. The van der Waals surface area contributed by atoms with Crippen LogP contribution in [0.1, 0.15) is 21.2 Å². The van der Waals surface area contributed by atoms with Crippen LogP contribution >= 0.6 is 22.9 Å². The molecule has 3 aromatic rings. The lowest BCUT2D eigenvalue weighted by Crippen LogP contribution is -1.94. The molecule has 0 fully saturated rings. The van der Waals surface area contributed by atoms with Crippen LogP contribution in [-0.2, 0) is 6.61 Å². The summed E-state index contributed by atoms with van der Waals surface area (Å²) in [6.45, 7) is 0.175. The highest BCUT2D eigenvalue weighted by Crippen LogP contribution is 2.22. The quantitative estimate of drug-likeness (QED) is 0.422. The third-order valence-corrected chi connectivity index (χ3v) is 4.29. The Bertz CT molecular complexity index is 868. The largest absolute Gasteiger partial charge is 0.486 e. The Morgan fingerprint density at radius 3 is 2.92 bits per heavy atom. The van der Waals surface area contributed by atoms with Gasteiger partial charge in [0.1, 0.15) is 29.7 Å². The summed E-state index contributed by atoms with van der Waals surface area (Å²) in [5.41, 5.74) is 0. The second-order valence-electron chi connectivity index (χ2n) is 4.84. The fraction of sp³-hybridized carbons (Fsp3) is 0.0556. The van der Waals surface area contributed by atoms with Crippen LogP contribution in [0.4, 0.5) is 4.39 Å². The summed E-state index contributed by atoms with van der Waals surface area (Å²) >= 11 is 7.08. The van der Waals surface area contributed by atoms with Crippen LogP contribution in [0.5, 0.6) is 5.75 Å². The van der Waals surface area contributed by atoms with E-state index in [1.165, 1.54) is 35.6 Å². The van der Waals surface area contributed by atoms with Crippen molar-refractivity contribution in [3.8, 4) is 5.75 Å². The molecule has 0 aliphatic carbocycles. The van der Waals surface area contributed by atoms with Crippen LogP contribution in [0, 0.1) is 5.82 Å². The van der Waals surface area contributed by atoms with Gasteiger partial charge in [-0.05, 0) is 47.9 Å². The normalized spacial score (nSPS) is 11.1. The van der Waals surface area contributed by atoms with Crippen LogP contribution in [0.3, 0.4) is 0 Å². The van der Waals surface area contributed by atoms with Crippen molar-refractivity contribution in [2.75, 3.05) is 0 Å². The molecule has 0 atom stereocenters. The summed E-state index contributed by atoms with van der Waals surface area (Å²) in [6, 6.07) is 11.2. The molecule has 0 aliphatic heterocycles. The molecule has 0 aliphatic rings. The topological polar surface area (TPSA) is 39.4 Å². The number of hydrogen-bond acceptors (Lipinski definition) is 4. The van der Waals surface area contributed by atoms with Gasteiger partial charge in [-0.25, -0.2) is 4.39 Å². The number of carbonyl (C=O) groups excluding carboxylic acids is 1. The third-order valence-electron chi connectivity index (χ3n) is 3.12. The van der Waals surface area contributed by atoms with E-state index in [-0.39, 0.29) is 17.4 Å². The van der Waals surface area contributed by atoms with Gasteiger partial charge in [0.15, 0.2) is 5.78 Å². The summed E-state index contributed by atoms with van der Waals surface area (Å²) in [6.07, 6.45) is 3.08. The number of hydrogen-bond donors (Lipinski definition) is 0. The van der Waals surface area contributed by atoms with E-state index in [0.29, 0.717) is 22.1 Å². The zero-order valence-corrected chi connectivity index (χ0v) is 13.9. The molecular formula is C18H12ClFO3S. The van der Waals surface area contributed by atoms with E-state index in [1.807, 2.05) is 11.4 Å². The summed E-state index contributed by atoms with van der Waals surface area (Å²) in [4.78, 5) is 12.5. The van der Waals surface area contributed by atoms with Crippen molar-refractivity contribution in [2.45, 2.75) is 6.61 Å². The number of thiophene rings is 1. The van der Waals surface area contributed by atoms with Gasteiger partial charge >= 0.3 is 0 Å². The van der Waals surface area contributed by atoms with Crippen LogP contribution in [-0.4, -0.2) is 5.78 Å². The predicted octanol–water partition coefficient (Wildman–Crippen LogP) is 5.61. The first-order chi connectivity index (χ1) is 11.6. The van der Waals surface area contributed by atoms with E-state index in [1.54, 1.807) is 24.3 Å². The minimum absolute atomic E-state index is 0.00246. The first-order valence-corrected chi connectivity index (χ1v) is 8.30. The first kappa shape index (κ1) is 16.5. The van der Waals surface area contributed by atoms with Crippen molar-refractivity contribution < 1.29 is 18.3 Å². The average Bonchev–Trinajstić information content (AvgIpc) is 3.25. The molecule has 0 spiro atoms. The minimum atomic E-state index is -0.496. The van der Waals surface area contributed by atoms with Gasteiger partial charge in [0.05, 0.1) is 9.90 Å². The molecule has 2 aromatic heterocycles. The van der Waals surface area contributed by atoms with Crippen molar-refractivity contribution in [3.63, 3.8) is 0 Å². The Labute approximate surface area is 146 Å². The zero-order chi connectivity index (χ0) is 16.9. The maximum atomic E-state index is 13.1. The van der Waals surface area contributed by atoms with Gasteiger partial charge in [0.2, 0.25) is 0 Å². The van der Waals surface area contributed by atoms with Gasteiger partial charge in [-0.3, -0.25) is 4.79 Å². The van der Waals surface area contributed by atoms with Crippen molar-refractivity contribution >= 4 is 34.8 Å². The summed E-state index contributed by atoms with van der Waals surface area (Å²) in [5, 5.41) is 1.85. The molecule has 0 saturated carbocycles. The summed E-state index contributed by atoms with van der Waals surface area (Å²) < 4.78 is 24.1. The van der Waals surface area contributed by atoms with E-state index >= 15 is 0 Å². The Morgan fingerprint density at radius 2 is 2.17 bits per heavy atom. The number of benzene rings is 1. The lowest BCUT2D eigenvalue weighted by molar-refractivity contribution is 0.105. The highest BCUT2D eigenvalue weighted by atomic mass is 35.5. The standard InChI is InChI=1S/C18H12ClFO3S/c19-15-10-13(5-7-16(15)20)22-11-14-4-3-12(23-14)6-8-17(21)18-2-1-9-24-18/h1-10H,11H2/b8-6+. The molecule has 0 bridgehead atoms. The highest BCUT2D eigenvalue weighted by molar-refractivity contribution is 7.12. The highest BCUT2D eigenvalue weighted by Gasteiger charge is 2.06. The number of ketones is 1. The molecule has 0 radical (unpaired) electrons. The monoisotopic (exact) mass is 362 g/mol. The number of ether oxygens (including phenoxy) is 1. The van der Waals surface area contributed by atoms with Crippen LogP contribution in [0.25, 0.3) is 6.08 Å². The maximum Gasteiger partial charge on any atom is 0.195 e. The smallest absolute Gasteiger partial charge is 0.195 e. The maximum absolute atomic E-state index is 13.1. The predicted molar refractivity (Wildman–Crippen MR) is 92.1 cm³/mol. The molecule has 3 nitrogen and oxygen atoms in total. The molecule has 0 amide bonds. The molecule has 122 valence electrons. The van der Waals surface area contributed by atoms with Crippen LogP contribution in [0.2, 0.25) is 5.02 Å². The van der Waals surface area contributed by atoms with E-state index in [2.05, 4.69) is 0 Å². The van der Waals surface area contributed by atoms with E-state index in [4.69, 9.17) is 20.8 Å². The average molecular weight is 363 g/mol. The van der Waals surface area contributed by atoms with Gasteiger partial charge in [-0.2, -0.15) is 0 Å². The van der Waals surface area contributed by atoms with Crippen molar-refractivity contribution in [1.29, 1.82) is 0 Å². The molecule has 0 N–H and O–H groups in total. The lowest BCUT2D eigenvalue weighted by Gasteiger charge is -2.04. The third kappa shape index (κ3) is 4.13. The molecule has 0 saturated heterocycles. The number of rotatable bonds is 6. The number of carbonyl (C=O) groups is 1. The SMILES string of the molecule is O=C(/C=C/c1ccc(COc2ccc(F)c(Cl)c2)o1)c1cccs1. The summed E-state index contributed by atoms with van der Waals surface area (Å²) in [5.74, 6) is 1.02. The van der Waals surface area contributed by atoms with E-state index < -0.39 is 5.82 Å². The van der Waals surface area contributed by atoms with Crippen LogP contribution in [0.15, 0.2) is 58.3 Å². The molecule has 0 unspecified atom stereocenters. The molecular weight excluding hydrogens is 351 g/mol. The molecule has 3 rings (SSSR count). The summed E-state index contributed by atoms with van der Waals surface area (Å²) in [7, 11) is 0.